The fraction of sp³-hybridized carbons (Fsp3) is 0. The molecule has 0 radical (unpaired) electrons. The van der Waals surface area contributed by atoms with Crippen molar-refractivity contribution in [2.75, 3.05) is 0 Å². The van der Waals surface area contributed by atoms with Crippen LogP contribution in [0.2, 0.25) is 0 Å². The van der Waals surface area contributed by atoms with Gasteiger partial charge in [0.25, 0.3) is 0 Å². The average Bonchev–Trinajstić information content (AvgIpc) is 3.92. The number of hydrogen-bond donors (Lipinski definition) is 0. The maximum Gasteiger partial charge on any atom is 0.227 e. The topological polar surface area (TPSA) is 82.8 Å². The molecule has 0 aliphatic heterocycles. The Morgan fingerprint density at radius 3 is 1.72 bits per heavy atom. The number of benzene rings is 7. The van der Waals surface area contributed by atoms with Crippen molar-refractivity contribution in [2.24, 2.45) is 0 Å². The molecule has 11 aromatic rings. The van der Waals surface area contributed by atoms with Crippen LogP contribution in [0.3, 0.4) is 0 Å². The van der Waals surface area contributed by atoms with E-state index < -0.39 is 0 Å². The van der Waals surface area contributed by atoms with Crippen molar-refractivity contribution in [1.29, 1.82) is 0 Å². The van der Waals surface area contributed by atoms with Gasteiger partial charge < -0.3 is 13.4 Å². The van der Waals surface area contributed by atoms with Crippen molar-refractivity contribution >= 4 is 54.8 Å². The van der Waals surface area contributed by atoms with Crippen LogP contribution in [-0.2, 0) is 0 Å². The minimum atomic E-state index is 0.542. The molecule has 7 heteroatoms. The van der Waals surface area contributed by atoms with E-state index in [9.17, 15) is 0 Å². The third-order valence-electron chi connectivity index (χ3n) is 9.89. The van der Waals surface area contributed by atoms with E-state index in [1.807, 2.05) is 91.0 Å². The van der Waals surface area contributed by atoms with Crippen LogP contribution in [0.15, 0.2) is 173 Å². The Morgan fingerprint density at radius 2 is 0.981 bits per heavy atom. The summed E-state index contributed by atoms with van der Waals surface area (Å²) in [5.74, 6) is 2.33. The Kier molecular flexibility index (Phi) is 6.42. The van der Waals surface area contributed by atoms with Crippen LogP contribution >= 0.6 is 0 Å². The van der Waals surface area contributed by atoms with Crippen LogP contribution < -0.4 is 0 Å². The van der Waals surface area contributed by atoms with Gasteiger partial charge in [0, 0.05) is 55.6 Å². The van der Waals surface area contributed by atoms with Crippen LogP contribution in [0.1, 0.15) is 0 Å². The van der Waals surface area contributed by atoms with Gasteiger partial charge in [-0.05, 0) is 60.7 Å². The number of hydrogen-bond acceptors (Lipinski definition) is 6. The molecule has 7 nitrogen and oxygen atoms in total. The highest BCUT2D eigenvalue weighted by molar-refractivity contribution is 6.17. The van der Waals surface area contributed by atoms with Crippen molar-refractivity contribution in [3.63, 3.8) is 0 Å². The maximum atomic E-state index is 6.30. The van der Waals surface area contributed by atoms with Gasteiger partial charge in [0.1, 0.15) is 16.7 Å². The molecular formula is C46H27N5O2. The van der Waals surface area contributed by atoms with Gasteiger partial charge in [-0.15, -0.1) is 0 Å². The lowest BCUT2D eigenvalue weighted by Gasteiger charge is -2.08. The lowest BCUT2D eigenvalue weighted by atomic mass is 10.1. The molecule has 0 atom stereocenters. The first-order chi connectivity index (χ1) is 26.2. The fourth-order valence-corrected chi connectivity index (χ4v) is 7.35. The first kappa shape index (κ1) is 29.4. The van der Waals surface area contributed by atoms with Gasteiger partial charge in [-0.3, -0.25) is 0 Å². The molecule has 0 N–H and O–H groups in total. The van der Waals surface area contributed by atoms with Gasteiger partial charge >= 0.3 is 0 Å². The van der Waals surface area contributed by atoms with Crippen LogP contribution in [0.4, 0.5) is 0 Å². The molecule has 53 heavy (non-hydrogen) atoms. The lowest BCUT2D eigenvalue weighted by Crippen LogP contribution is -2.00. The van der Waals surface area contributed by atoms with Crippen molar-refractivity contribution in [3.8, 4) is 51.3 Å². The molecule has 0 unspecified atom stereocenters. The largest absolute Gasteiger partial charge is 0.456 e. The third kappa shape index (κ3) is 4.82. The summed E-state index contributed by atoms with van der Waals surface area (Å²) < 4.78 is 14.9. The predicted octanol–water partition coefficient (Wildman–Crippen LogP) is 11.7. The number of para-hydroxylation sites is 2. The highest BCUT2D eigenvalue weighted by Gasteiger charge is 2.18. The quantitative estimate of drug-likeness (QED) is 0.180. The van der Waals surface area contributed by atoms with Crippen LogP contribution in [0.25, 0.3) is 106 Å². The molecule has 0 fully saturated rings. The first-order valence-electron chi connectivity index (χ1n) is 17.5. The normalized spacial score (nSPS) is 11.8. The molecule has 0 saturated carbocycles. The second-order valence-corrected chi connectivity index (χ2v) is 13.1. The van der Waals surface area contributed by atoms with E-state index in [4.69, 9.17) is 28.8 Å². The highest BCUT2D eigenvalue weighted by Crippen LogP contribution is 2.39. The van der Waals surface area contributed by atoms with Gasteiger partial charge in [0.15, 0.2) is 23.1 Å². The van der Waals surface area contributed by atoms with Crippen molar-refractivity contribution in [2.45, 2.75) is 0 Å². The van der Waals surface area contributed by atoms with E-state index in [2.05, 4.69) is 77.4 Å². The fourth-order valence-electron chi connectivity index (χ4n) is 7.35. The molecule has 0 bridgehead atoms. The zero-order valence-corrected chi connectivity index (χ0v) is 28.1. The molecule has 248 valence electrons. The molecule has 0 amide bonds. The minimum absolute atomic E-state index is 0.542. The van der Waals surface area contributed by atoms with Gasteiger partial charge in [-0.25, -0.2) is 19.9 Å². The Labute approximate surface area is 302 Å². The molecule has 0 aliphatic carbocycles. The standard InChI is InChI=1S/C46H27N5O2/c1-3-11-28(12-4-1)43-48-44(29-13-5-2-6-14-29)50-45(49-43)31-21-24-41-37(25-31)47-46(53-41)30-19-22-32(23-20-30)51-38-17-9-7-15-33(38)35-26-36-34-16-8-10-18-40(34)52-42(36)27-39(35)51/h1-27H. The van der Waals surface area contributed by atoms with Gasteiger partial charge in [0.2, 0.25) is 5.89 Å². The summed E-state index contributed by atoms with van der Waals surface area (Å²) in [6.45, 7) is 0. The van der Waals surface area contributed by atoms with E-state index >= 15 is 0 Å². The van der Waals surface area contributed by atoms with Crippen LogP contribution in [0.5, 0.6) is 0 Å². The van der Waals surface area contributed by atoms with Gasteiger partial charge in [-0.2, -0.15) is 0 Å². The summed E-state index contributed by atoms with van der Waals surface area (Å²) in [6, 6.07) is 55.3. The molecule has 0 spiro atoms. The molecule has 7 aromatic carbocycles. The summed E-state index contributed by atoms with van der Waals surface area (Å²) in [6.07, 6.45) is 0. The first-order valence-corrected chi connectivity index (χ1v) is 17.5. The van der Waals surface area contributed by atoms with E-state index in [1.165, 1.54) is 10.8 Å². The van der Waals surface area contributed by atoms with E-state index in [1.54, 1.807) is 0 Å². The van der Waals surface area contributed by atoms with Crippen LogP contribution in [0, 0.1) is 0 Å². The summed E-state index contributed by atoms with van der Waals surface area (Å²) in [7, 11) is 0. The van der Waals surface area contributed by atoms with E-state index in [0.717, 1.165) is 66.4 Å². The highest BCUT2D eigenvalue weighted by atomic mass is 16.3. The van der Waals surface area contributed by atoms with E-state index in [0.29, 0.717) is 28.9 Å². The number of furan rings is 1. The number of rotatable bonds is 5. The summed E-state index contributed by atoms with van der Waals surface area (Å²) >= 11 is 0. The number of nitrogens with zero attached hydrogens (tertiary/aromatic N) is 5. The van der Waals surface area contributed by atoms with Crippen LogP contribution in [-0.4, -0.2) is 24.5 Å². The second-order valence-electron chi connectivity index (χ2n) is 13.1. The average molecular weight is 682 g/mol. The second kappa shape index (κ2) is 11.6. The summed E-state index contributed by atoms with van der Waals surface area (Å²) in [4.78, 5) is 19.5. The van der Waals surface area contributed by atoms with Crippen molar-refractivity contribution < 1.29 is 8.83 Å². The molecular weight excluding hydrogens is 655 g/mol. The summed E-state index contributed by atoms with van der Waals surface area (Å²) in [5, 5.41) is 4.62. The summed E-state index contributed by atoms with van der Waals surface area (Å²) in [5.41, 5.74) is 9.97. The third-order valence-corrected chi connectivity index (χ3v) is 9.89. The van der Waals surface area contributed by atoms with E-state index in [-0.39, 0.29) is 0 Å². The molecule has 4 aromatic heterocycles. The number of fused-ring (bicyclic) bond motifs is 7. The number of aromatic nitrogens is 5. The Balaban J connectivity index is 0.979. The Hall–Kier alpha value is -7.38. The minimum Gasteiger partial charge on any atom is -0.456 e. The van der Waals surface area contributed by atoms with Gasteiger partial charge in [0.05, 0.1) is 11.0 Å². The molecule has 0 saturated heterocycles. The molecule has 4 heterocycles. The maximum absolute atomic E-state index is 6.30. The SMILES string of the molecule is c1ccc(-c2nc(-c3ccccc3)nc(-c3ccc4oc(-c5ccc(-n6c7ccccc7c7cc8c(cc76)oc6ccccc68)cc5)nc4c3)n2)cc1. The lowest BCUT2D eigenvalue weighted by molar-refractivity contribution is 0.620. The zero-order valence-electron chi connectivity index (χ0n) is 28.1. The van der Waals surface area contributed by atoms with Crippen molar-refractivity contribution in [3.05, 3.63) is 164 Å². The molecule has 0 aliphatic rings. The monoisotopic (exact) mass is 681 g/mol. The molecule has 11 rings (SSSR count). The number of oxazole rings is 1. The predicted molar refractivity (Wildman–Crippen MR) is 211 cm³/mol. The van der Waals surface area contributed by atoms with Gasteiger partial charge in [-0.1, -0.05) is 97.1 Å². The Bertz CT molecular complexity index is 3100. The Morgan fingerprint density at radius 1 is 0.358 bits per heavy atom. The zero-order chi connectivity index (χ0) is 34.9. The smallest absolute Gasteiger partial charge is 0.227 e. The van der Waals surface area contributed by atoms with Crippen molar-refractivity contribution in [1.82, 2.24) is 24.5 Å².